The van der Waals surface area contributed by atoms with Gasteiger partial charge in [-0.05, 0) is 45.0 Å². The Hall–Kier alpha value is -0.910. The first-order chi connectivity index (χ1) is 11.6. The van der Waals surface area contributed by atoms with Crippen LogP contribution >= 0.6 is 23.4 Å². The molecule has 0 atom stereocenters. The topological polar surface area (TPSA) is 35.2 Å². The fourth-order valence-corrected chi connectivity index (χ4v) is 4.44. The summed E-state index contributed by atoms with van der Waals surface area (Å²) >= 11 is 8.42. The summed E-state index contributed by atoms with van der Waals surface area (Å²) in [6.45, 7) is 8.76. The summed E-state index contributed by atoms with van der Waals surface area (Å²) in [5.74, 6) is 0. The van der Waals surface area contributed by atoms with E-state index < -0.39 is 0 Å². The maximum absolute atomic E-state index is 6.58. The molecule has 0 aliphatic carbocycles. The van der Waals surface area contributed by atoms with Crippen molar-refractivity contribution < 1.29 is 0 Å². The second-order valence-electron chi connectivity index (χ2n) is 6.56. The van der Waals surface area contributed by atoms with Crippen molar-refractivity contribution >= 4 is 40.1 Å². The van der Waals surface area contributed by atoms with Gasteiger partial charge in [-0.1, -0.05) is 37.2 Å². The molecule has 0 unspecified atom stereocenters. The van der Waals surface area contributed by atoms with Crippen LogP contribution in [0.2, 0.25) is 5.02 Å². The Morgan fingerprint density at radius 1 is 1.21 bits per heavy atom. The van der Waals surface area contributed by atoms with Gasteiger partial charge in [0.25, 0.3) is 0 Å². The van der Waals surface area contributed by atoms with Gasteiger partial charge >= 0.3 is 0 Å². The third-order valence-corrected chi connectivity index (χ3v) is 6.50. The minimum absolute atomic E-state index is 0.613. The van der Waals surface area contributed by atoms with Crippen LogP contribution in [0.15, 0.2) is 17.3 Å². The molecule has 1 aliphatic rings. The van der Waals surface area contributed by atoms with Crippen LogP contribution in [0.3, 0.4) is 0 Å². The lowest BCUT2D eigenvalue weighted by atomic mass is 10.2. The summed E-state index contributed by atoms with van der Waals surface area (Å²) in [6, 6.07) is 4.18. The quantitative estimate of drug-likeness (QED) is 0.782. The van der Waals surface area contributed by atoms with E-state index in [0.29, 0.717) is 5.25 Å². The number of hydrogen-bond acceptors (Lipinski definition) is 4. The molecule has 1 aliphatic heterocycles. The number of rotatable bonds is 5. The molecule has 6 heteroatoms. The zero-order chi connectivity index (χ0) is 17.1. The van der Waals surface area contributed by atoms with E-state index in [2.05, 4.69) is 41.7 Å². The standard InChI is InChI=1S/C18H27ClN4S/c1-4-13(5-2)24-18-20-15-11-14(19)17(12-16(15)21-18)23-8-6-7-22(3)9-10-23/h11-13H,4-10H2,1-3H3,(H,20,21). The van der Waals surface area contributed by atoms with Gasteiger partial charge in [0.05, 0.1) is 21.7 Å². The second-order valence-corrected chi connectivity index (χ2v) is 8.26. The highest BCUT2D eigenvalue weighted by Gasteiger charge is 2.17. The summed E-state index contributed by atoms with van der Waals surface area (Å²) in [7, 11) is 2.19. The number of benzene rings is 1. The minimum Gasteiger partial charge on any atom is -0.369 e. The van der Waals surface area contributed by atoms with Crippen LogP contribution in [-0.4, -0.2) is 53.3 Å². The monoisotopic (exact) mass is 366 g/mol. The lowest BCUT2D eigenvalue weighted by Gasteiger charge is -2.23. The van der Waals surface area contributed by atoms with Crippen LogP contribution in [0.5, 0.6) is 0 Å². The van der Waals surface area contributed by atoms with Crippen LogP contribution < -0.4 is 4.90 Å². The molecule has 4 nitrogen and oxygen atoms in total. The van der Waals surface area contributed by atoms with Gasteiger partial charge in [-0.15, -0.1) is 0 Å². The Balaban J connectivity index is 1.86. The largest absolute Gasteiger partial charge is 0.369 e. The van der Waals surface area contributed by atoms with Gasteiger partial charge < -0.3 is 14.8 Å². The molecule has 0 spiro atoms. The molecule has 1 saturated heterocycles. The van der Waals surface area contributed by atoms with Crippen LogP contribution in [0.25, 0.3) is 11.0 Å². The summed E-state index contributed by atoms with van der Waals surface area (Å²) in [4.78, 5) is 13.0. The number of nitrogens with zero attached hydrogens (tertiary/aromatic N) is 3. The van der Waals surface area contributed by atoms with Crippen molar-refractivity contribution in [2.75, 3.05) is 38.1 Å². The van der Waals surface area contributed by atoms with Gasteiger partial charge in [-0.25, -0.2) is 4.98 Å². The van der Waals surface area contributed by atoms with Crippen molar-refractivity contribution in [1.29, 1.82) is 0 Å². The molecule has 1 N–H and O–H groups in total. The number of nitrogens with one attached hydrogen (secondary N) is 1. The average molecular weight is 367 g/mol. The number of hydrogen-bond donors (Lipinski definition) is 1. The first kappa shape index (κ1) is 17.9. The van der Waals surface area contributed by atoms with Gasteiger partial charge in [0.15, 0.2) is 5.16 Å². The number of thioether (sulfide) groups is 1. The maximum atomic E-state index is 6.58. The Morgan fingerprint density at radius 3 is 2.75 bits per heavy atom. The van der Waals surface area contributed by atoms with E-state index in [0.717, 1.165) is 65.9 Å². The highest BCUT2D eigenvalue weighted by Crippen LogP contribution is 2.33. The number of halogens is 1. The van der Waals surface area contributed by atoms with Crippen molar-refractivity contribution in [2.24, 2.45) is 0 Å². The predicted octanol–water partition coefficient (Wildman–Crippen LogP) is 4.64. The molecular weight excluding hydrogens is 340 g/mol. The number of H-pyrrole nitrogens is 1. The van der Waals surface area contributed by atoms with Crippen molar-refractivity contribution in [3.63, 3.8) is 0 Å². The third-order valence-electron chi connectivity index (χ3n) is 4.78. The fraction of sp³-hybridized carbons (Fsp3) is 0.611. The van der Waals surface area contributed by atoms with Crippen molar-refractivity contribution in [3.05, 3.63) is 17.2 Å². The molecule has 24 heavy (non-hydrogen) atoms. The van der Waals surface area contributed by atoms with Crippen LogP contribution in [0, 0.1) is 0 Å². The molecule has 0 saturated carbocycles. The smallest absolute Gasteiger partial charge is 0.166 e. The zero-order valence-corrected chi connectivity index (χ0v) is 16.4. The highest BCUT2D eigenvalue weighted by molar-refractivity contribution is 7.99. The van der Waals surface area contributed by atoms with Crippen LogP contribution in [0.4, 0.5) is 5.69 Å². The molecule has 3 rings (SSSR count). The number of aromatic nitrogens is 2. The summed E-state index contributed by atoms with van der Waals surface area (Å²) < 4.78 is 0. The summed E-state index contributed by atoms with van der Waals surface area (Å²) in [5, 5.41) is 2.42. The molecule has 2 heterocycles. The molecule has 132 valence electrons. The average Bonchev–Trinajstić information content (AvgIpc) is 2.83. The second kappa shape index (κ2) is 7.98. The molecule has 0 radical (unpaired) electrons. The number of likely N-dealkylation sites (N-methyl/N-ethyl adjacent to an activating group) is 1. The molecule has 0 amide bonds. The number of fused-ring (bicyclic) bond motifs is 1. The lowest BCUT2D eigenvalue weighted by molar-refractivity contribution is 0.360. The highest BCUT2D eigenvalue weighted by atomic mass is 35.5. The van der Waals surface area contributed by atoms with E-state index >= 15 is 0 Å². The van der Waals surface area contributed by atoms with E-state index in [-0.39, 0.29) is 0 Å². The molecular formula is C18H27ClN4S. The van der Waals surface area contributed by atoms with Gasteiger partial charge in [-0.2, -0.15) is 0 Å². The van der Waals surface area contributed by atoms with E-state index in [1.807, 2.05) is 17.8 Å². The minimum atomic E-state index is 0.613. The van der Waals surface area contributed by atoms with Crippen molar-refractivity contribution in [2.45, 2.75) is 43.5 Å². The van der Waals surface area contributed by atoms with Crippen molar-refractivity contribution in [3.8, 4) is 0 Å². The van der Waals surface area contributed by atoms with Crippen LogP contribution in [-0.2, 0) is 0 Å². The number of aromatic amines is 1. The van der Waals surface area contributed by atoms with Gasteiger partial charge in [0.1, 0.15) is 0 Å². The van der Waals surface area contributed by atoms with Gasteiger partial charge in [0, 0.05) is 24.9 Å². The Labute approximate surface area is 153 Å². The lowest BCUT2D eigenvalue weighted by Crippen LogP contribution is -2.28. The van der Waals surface area contributed by atoms with Crippen LogP contribution in [0.1, 0.15) is 33.1 Å². The zero-order valence-electron chi connectivity index (χ0n) is 14.8. The first-order valence-electron chi connectivity index (χ1n) is 8.90. The SMILES string of the molecule is CCC(CC)Sc1nc2cc(Cl)c(N3CCCN(C)CC3)cc2[nH]1. The molecule has 0 bridgehead atoms. The third kappa shape index (κ3) is 4.01. The Morgan fingerprint density at radius 2 is 2.00 bits per heavy atom. The van der Waals surface area contributed by atoms with Crippen molar-refractivity contribution in [1.82, 2.24) is 14.9 Å². The fourth-order valence-electron chi connectivity index (χ4n) is 3.20. The Kier molecular flexibility index (Phi) is 5.95. The molecule has 1 fully saturated rings. The van der Waals surface area contributed by atoms with E-state index in [4.69, 9.17) is 16.6 Å². The number of anilines is 1. The van der Waals surface area contributed by atoms with E-state index in [9.17, 15) is 0 Å². The predicted molar refractivity (Wildman–Crippen MR) is 106 cm³/mol. The Bertz CT molecular complexity index is 683. The van der Waals surface area contributed by atoms with Gasteiger partial charge in [-0.3, -0.25) is 0 Å². The summed E-state index contributed by atoms with van der Waals surface area (Å²) in [6.07, 6.45) is 3.49. The molecule has 1 aromatic carbocycles. The normalized spacial score (nSPS) is 17.0. The number of imidazole rings is 1. The van der Waals surface area contributed by atoms with E-state index in [1.54, 1.807) is 0 Å². The van der Waals surface area contributed by atoms with Gasteiger partial charge in [0.2, 0.25) is 0 Å². The maximum Gasteiger partial charge on any atom is 0.166 e. The summed E-state index contributed by atoms with van der Waals surface area (Å²) in [5.41, 5.74) is 3.17. The molecule has 1 aromatic heterocycles. The van der Waals surface area contributed by atoms with E-state index in [1.165, 1.54) is 6.42 Å². The first-order valence-corrected chi connectivity index (χ1v) is 10.2. The molecule has 2 aromatic rings.